The molecule has 0 radical (unpaired) electrons. The van der Waals surface area contributed by atoms with Crippen molar-refractivity contribution in [2.45, 2.75) is 81.1 Å². The summed E-state index contributed by atoms with van der Waals surface area (Å²) < 4.78 is -2.04. The molecular formula is C31H44N6O6S2. The van der Waals surface area contributed by atoms with E-state index in [9.17, 15) is 29.1 Å². The zero-order chi connectivity index (χ0) is 34.1. The van der Waals surface area contributed by atoms with Gasteiger partial charge >= 0.3 is 0 Å². The van der Waals surface area contributed by atoms with E-state index in [2.05, 4.69) is 46.5 Å². The SMILES string of the molecule is Cc1cc(O)ccc1C[C@@H](N)C(=O)N[C@@H](C(=O)NCC(=O)N[C@@H](Cc1ccccc1)C(=O)N[C@@H](C(N)=O)C(C)(C)S)C(C)(C)S. The van der Waals surface area contributed by atoms with Gasteiger partial charge in [-0.3, -0.25) is 24.0 Å². The fourth-order valence-corrected chi connectivity index (χ4v) is 4.84. The van der Waals surface area contributed by atoms with Gasteiger partial charge in [-0.1, -0.05) is 36.4 Å². The van der Waals surface area contributed by atoms with Gasteiger partial charge in [0.05, 0.1) is 12.6 Å². The number of hydrogen-bond acceptors (Lipinski definition) is 9. The number of thiol groups is 2. The average molecular weight is 661 g/mol. The summed E-state index contributed by atoms with van der Waals surface area (Å²) in [4.78, 5) is 64.4. The Balaban J connectivity index is 2.11. The summed E-state index contributed by atoms with van der Waals surface area (Å²) >= 11 is 8.84. The minimum Gasteiger partial charge on any atom is -0.508 e. The van der Waals surface area contributed by atoms with Crippen LogP contribution in [-0.4, -0.2) is 74.8 Å². The quantitative estimate of drug-likeness (QED) is 0.122. The minimum absolute atomic E-state index is 0.0889. The molecule has 2 aromatic carbocycles. The second kappa shape index (κ2) is 16.0. The zero-order valence-electron chi connectivity index (χ0n) is 26.1. The van der Waals surface area contributed by atoms with Crippen molar-refractivity contribution in [3.05, 3.63) is 65.2 Å². The van der Waals surface area contributed by atoms with Crippen molar-refractivity contribution in [2.24, 2.45) is 11.5 Å². The molecule has 2 aromatic rings. The standard InChI is InChI=1S/C31H44N6O6S2/c1-17-13-20(38)12-11-19(17)15-21(32)27(41)37-25(31(4,5)45)29(43)34-16-23(39)35-22(14-18-9-7-6-8-10-18)28(42)36-24(26(33)40)30(2,3)44/h6-13,21-22,24-25,38,44-45H,14-16,32H2,1-5H3,(H2,33,40)(H,34,43)(H,35,39)(H,36,42)(H,37,41)/t21-,22+,24+,25+/m1/s1. The molecule has 5 amide bonds. The summed E-state index contributed by atoms with van der Waals surface area (Å²) in [5, 5.41) is 19.9. The first kappa shape index (κ1) is 37.4. The molecule has 0 aromatic heterocycles. The van der Waals surface area contributed by atoms with Crippen molar-refractivity contribution in [1.29, 1.82) is 0 Å². The first-order chi connectivity index (χ1) is 20.8. The molecule has 0 heterocycles. The summed E-state index contributed by atoms with van der Waals surface area (Å²) in [6.45, 7) is 7.73. The number of nitrogens with one attached hydrogen (secondary N) is 4. The molecule has 14 heteroatoms. The molecule has 0 aliphatic heterocycles. The van der Waals surface area contributed by atoms with E-state index in [-0.39, 0.29) is 18.6 Å². The molecule has 0 spiro atoms. The number of amides is 5. The van der Waals surface area contributed by atoms with Gasteiger partial charge in [-0.05, 0) is 69.9 Å². The number of benzene rings is 2. The van der Waals surface area contributed by atoms with E-state index in [1.165, 1.54) is 6.07 Å². The van der Waals surface area contributed by atoms with Gasteiger partial charge in [0, 0.05) is 15.9 Å². The van der Waals surface area contributed by atoms with Gasteiger partial charge in [0.15, 0.2) is 0 Å². The highest BCUT2D eigenvalue weighted by molar-refractivity contribution is 7.82. The Labute approximate surface area is 274 Å². The van der Waals surface area contributed by atoms with Crippen LogP contribution in [0.15, 0.2) is 48.5 Å². The largest absolute Gasteiger partial charge is 0.508 e. The lowest BCUT2D eigenvalue weighted by Crippen LogP contribution is -2.61. The predicted octanol–water partition coefficient (Wildman–Crippen LogP) is 0.286. The van der Waals surface area contributed by atoms with Gasteiger partial charge in [0.2, 0.25) is 29.5 Å². The van der Waals surface area contributed by atoms with Gasteiger partial charge in [0.25, 0.3) is 0 Å². The van der Waals surface area contributed by atoms with Gasteiger partial charge in [0.1, 0.15) is 23.9 Å². The van der Waals surface area contributed by atoms with Crippen molar-refractivity contribution in [3.63, 3.8) is 0 Å². The summed E-state index contributed by atoms with van der Waals surface area (Å²) in [5.41, 5.74) is 13.9. The van der Waals surface area contributed by atoms with Gasteiger partial charge in [-0.15, -0.1) is 0 Å². The van der Waals surface area contributed by atoms with Crippen LogP contribution < -0.4 is 32.7 Å². The molecule has 0 saturated heterocycles. The van der Waals surface area contributed by atoms with Crippen molar-refractivity contribution in [1.82, 2.24) is 21.3 Å². The summed E-state index contributed by atoms with van der Waals surface area (Å²) in [7, 11) is 0. The van der Waals surface area contributed by atoms with Crippen molar-refractivity contribution >= 4 is 54.8 Å². The van der Waals surface area contributed by atoms with E-state index in [0.29, 0.717) is 0 Å². The second-order valence-corrected chi connectivity index (χ2v) is 14.3. The molecule has 2 rings (SSSR count). The molecule has 0 fully saturated rings. The fraction of sp³-hybridized carbons (Fsp3) is 0.452. The first-order valence-electron chi connectivity index (χ1n) is 14.3. The minimum atomic E-state index is -1.18. The molecule has 246 valence electrons. The third-order valence-corrected chi connectivity index (χ3v) is 7.51. The molecule has 0 saturated carbocycles. The molecule has 0 aliphatic carbocycles. The third kappa shape index (κ3) is 11.9. The maximum atomic E-state index is 13.2. The smallest absolute Gasteiger partial charge is 0.244 e. The number of nitrogens with two attached hydrogens (primary N) is 2. The number of primary amides is 1. The van der Waals surface area contributed by atoms with Crippen LogP contribution in [0.25, 0.3) is 0 Å². The van der Waals surface area contributed by atoms with Crippen LogP contribution in [0.1, 0.15) is 44.4 Å². The van der Waals surface area contributed by atoms with E-state index in [4.69, 9.17) is 11.5 Å². The normalized spacial score (nSPS) is 14.3. The van der Waals surface area contributed by atoms with Gasteiger partial charge < -0.3 is 37.8 Å². The van der Waals surface area contributed by atoms with Crippen LogP contribution in [0.5, 0.6) is 5.75 Å². The van der Waals surface area contributed by atoms with E-state index >= 15 is 0 Å². The second-order valence-electron chi connectivity index (χ2n) is 12.0. The predicted molar refractivity (Wildman–Crippen MR) is 179 cm³/mol. The highest BCUT2D eigenvalue weighted by Crippen LogP contribution is 2.20. The number of aryl methyl sites for hydroxylation is 1. The number of carbonyl (C=O) groups excluding carboxylic acids is 5. The molecule has 9 N–H and O–H groups in total. The van der Waals surface area contributed by atoms with E-state index in [1.807, 2.05) is 0 Å². The Kier molecular flexibility index (Phi) is 13.3. The zero-order valence-corrected chi connectivity index (χ0v) is 27.9. The summed E-state index contributed by atoms with van der Waals surface area (Å²) in [5.74, 6) is -3.35. The van der Waals surface area contributed by atoms with Crippen LogP contribution >= 0.6 is 25.3 Å². The van der Waals surface area contributed by atoms with Gasteiger partial charge in [-0.25, -0.2) is 0 Å². The van der Waals surface area contributed by atoms with Crippen LogP contribution in [-0.2, 0) is 36.8 Å². The van der Waals surface area contributed by atoms with Crippen molar-refractivity contribution < 1.29 is 29.1 Å². The Morgan fingerprint density at radius 2 is 1.40 bits per heavy atom. The summed E-state index contributed by atoms with van der Waals surface area (Å²) in [6.07, 6.45) is 0.249. The van der Waals surface area contributed by atoms with Crippen LogP contribution in [0, 0.1) is 6.92 Å². The molecule has 12 nitrogen and oxygen atoms in total. The number of rotatable bonds is 15. The third-order valence-electron chi connectivity index (χ3n) is 6.99. The Morgan fingerprint density at radius 1 is 0.822 bits per heavy atom. The molecule has 4 atom stereocenters. The summed E-state index contributed by atoms with van der Waals surface area (Å²) in [6, 6.07) is 9.21. The molecule has 0 aliphatic rings. The number of phenols is 1. The number of aromatic hydroxyl groups is 1. The maximum Gasteiger partial charge on any atom is 0.244 e. The van der Waals surface area contributed by atoms with Crippen molar-refractivity contribution in [3.8, 4) is 5.75 Å². The molecule has 0 unspecified atom stereocenters. The lowest BCUT2D eigenvalue weighted by atomic mass is 9.98. The van der Waals surface area contributed by atoms with Gasteiger partial charge in [-0.2, -0.15) is 25.3 Å². The Hall–Kier alpha value is -3.75. The maximum absolute atomic E-state index is 13.2. The topological polar surface area (TPSA) is 206 Å². The van der Waals surface area contributed by atoms with Crippen LogP contribution in [0.3, 0.4) is 0 Å². The lowest BCUT2D eigenvalue weighted by Gasteiger charge is -2.31. The van der Waals surface area contributed by atoms with Crippen LogP contribution in [0.4, 0.5) is 0 Å². The number of hydrogen-bond donors (Lipinski definition) is 9. The molecule has 45 heavy (non-hydrogen) atoms. The number of phenolic OH excluding ortho intramolecular Hbond substituents is 1. The van der Waals surface area contributed by atoms with E-state index in [1.54, 1.807) is 77.1 Å². The monoisotopic (exact) mass is 660 g/mol. The highest BCUT2D eigenvalue weighted by Gasteiger charge is 2.36. The molecule has 0 bridgehead atoms. The average Bonchev–Trinajstić information content (AvgIpc) is 2.93. The molecular weight excluding hydrogens is 617 g/mol. The Bertz CT molecular complexity index is 1380. The van der Waals surface area contributed by atoms with E-state index in [0.717, 1.165) is 16.7 Å². The fourth-order valence-electron chi connectivity index (χ4n) is 4.46. The Morgan fingerprint density at radius 3 is 1.93 bits per heavy atom. The lowest BCUT2D eigenvalue weighted by molar-refractivity contribution is -0.133. The van der Waals surface area contributed by atoms with Crippen molar-refractivity contribution in [2.75, 3.05) is 6.54 Å². The first-order valence-corrected chi connectivity index (χ1v) is 15.2. The van der Waals surface area contributed by atoms with Crippen LogP contribution in [0.2, 0.25) is 0 Å². The van der Waals surface area contributed by atoms with E-state index < -0.39 is 69.7 Å². The number of carbonyl (C=O) groups is 5. The highest BCUT2D eigenvalue weighted by atomic mass is 32.1.